The third-order valence-electron chi connectivity index (χ3n) is 4.10. The Morgan fingerprint density at radius 2 is 1.81 bits per heavy atom. The van der Waals surface area contributed by atoms with E-state index in [9.17, 15) is 13.2 Å². The van der Waals surface area contributed by atoms with Crippen LogP contribution in [0.25, 0.3) is 10.9 Å². The van der Waals surface area contributed by atoms with Crippen molar-refractivity contribution in [2.45, 2.75) is 11.3 Å². The van der Waals surface area contributed by atoms with Crippen LogP contribution in [0.15, 0.2) is 59.6 Å². The molecule has 8 heteroatoms. The largest absolute Gasteiger partial charge is 0.348 e. The van der Waals surface area contributed by atoms with Gasteiger partial charge in [-0.05, 0) is 30.2 Å². The predicted molar refractivity (Wildman–Crippen MR) is 101 cm³/mol. The fourth-order valence-corrected chi connectivity index (χ4v) is 3.29. The summed E-state index contributed by atoms with van der Waals surface area (Å²) in [5.74, 6) is 0. The summed E-state index contributed by atoms with van der Waals surface area (Å²) < 4.78 is 24.4. The van der Waals surface area contributed by atoms with Gasteiger partial charge in [0.2, 0.25) is 10.0 Å². The van der Waals surface area contributed by atoms with Crippen LogP contribution in [0.3, 0.4) is 0 Å². The highest BCUT2D eigenvalue weighted by atomic mass is 32.2. The van der Waals surface area contributed by atoms with Crippen molar-refractivity contribution in [2.24, 2.45) is 12.2 Å². The highest BCUT2D eigenvalue weighted by molar-refractivity contribution is 7.89. The summed E-state index contributed by atoms with van der Waals surface area (Å²) >= 11 is 0. The molecule has 0 radical (unpaired) electrons. The maximum atomic E-state index is 12.1. The van der Waals surface area contributed by atoms with Crippen LogP contribution in [0.2, 0.25) is 0 Å². The van der Waals surface area contributed by atoms with Gasteiger partial charge in [0.25, 0.3) is 0 Å². The van der Waals surface area contributed by atoms with Crippen LogP contribution in [0, 0.1) is 0 Å². The third-order valence-corrected chi connectivity index (χ3v) is 5.03. The van der Waals surface area contributed by atoms with Crippen molar-refractivity contribution < 1.29 is 13.2 Å². The number of nitrogens with zero attached hydrogens (tertiary/aromatic N) is 1. The molecule has 26 heavy (non-hydrogen) atoms. The minimum absolute atomic E-state index is 0.0721. The van der Waals surface area contributed by atoms with Crippen LogP contribution in [-0.4, -0.2) is 25.6 Å². The Morgan fingerprint density at radius 1 is 1.12 bits per heavy atom. The number of amides is 2. The number of aromatic nitrogens is 1. The zero-order chi connectivity index (χ0) is 18.7. The highest BCUT2D eigenvalue weighted by Crippen LogP contribution is 2.24. The molecule has 0 aliphatic rings. The topological polar surface area (TPSA) is 106 Å². The van der Waals surface area contributed by atoms with Crippen LogP contribution in [0.1, 0.15) is 5.56 Å². The van der Waals surface area contributed by atoms with E-state index in [-0.39, 0.29) is 10.9 Å². The summed E-state index contributed by atoms with van der Waals surface area (Å²) in [6.07, 6.45) is 2.45. The number of carbonyl (C=O) groups excluding carboxylic acids is 1. The van der Waals surface area contributed by atoms with Gasteiger partial charge < -0.3 is 15.2 Å². The van der Waals surface area contributed by atoms with E-state index in [4.69, 9.17) is 5.14 Å². The molecular weight excluding hydrogens is 352 g/mol. The summed E-state index contributed by atoms with van der Waals surface area (Å²) in [7, 11) is -1.76. The van der Waals surface area contributed by atoms with E-state index in [1.165, 1.54) is 12.1 Å². The van der Waals surface area contributed by atoms with Gasteiger partial charge in [-0.1, -0.05) is 30.3 Å². The second kappa shape index (κ2) is 7.19. The van der Waals surface area contributed by atoms with E-state index in [1.807, 2.05) is 42.1 Å². The molecule has 2 aromatic carbocycles. The number of urea groups is 1. The molecule has 0 fully saturated rings. The molecule has 0 spiro atoms. The van der Waals surface area contributed by atoms with Gasteiger partial charge in [0.15, 0.2) is 0 Å². The molecule has 0 unspecified atom stereocenters. The Kier molecular flexibility index (Phi) is 4.97. The van der Waals surface area contributed by atoms with Gasteiger partial charge in [-0.15, -0.1) is 0 Å². The molecule has 0 saturated heterocycles. The molecule has 1 aromatic heterocycles. The highest BCUT2D eigenvalue weighted by Gasteiger charge is 2.09. The summed E-state index contributed by atoms with van der Waals surface area (Å²) in [6.45, 7) is 0.422. The number of primary sulfonamides is 1. The van der Waals surface area contributed by atoms with E-state index < -0.39 is 10.0 Å². The molecule has 0 atom stereocenters. The summed E-state index contributed by atoms with van der Waals surface area (Å²) in [5.41, 5.74) is 2.69. The Hall–Kier alpha value is -2.84. The molecule has 4 N–H and O–H groups in total. The molecule has 1 heterocycles. The van der Waals surface area contributed by atoms with Gasteiger partial charge in [-0.25, -0.2) is 18.4 Å². The Balaban J connectivity index is 1.56. The first-order valence-electron chi connectivity index (χ1n) is 8.05. The number of carbonyl (C=O) groups is 1. The number of aryl methyl sites for hydroxylation is 1. The lowest BCUT2D eigenvalue weighted by molar-refractivity contribution is 0.252. The lowest BCUT2D eigenvalue weighted by Crippen LogP contribution is -2.30. The molecular formula is C18H20N4O3S. The predicted octanol–water partition coefficient (Wildman–Crippen LogP) is 2.19. The van der Waals surface area contributed by atoms with Crippen LogP contribution in [0.5, 0.6) is 0 Å². The zero-order valence-corrected chi connectivity index (χ0v) is 15.1. The number of nitrogens with two attached hydrogens (primary N) is 1. The molecule has 0 aliphatic heterocycles. The van der Waals surface area contributed by atoms with Gasteiger partial charge in [0, 0.05) is 30.7 Å². The standard InChI is InChI=1S/C18H20N4O3S/c1-22-12-16(15-4-2-3-5-17(15)22)21-18(23)20-11-10-13-6-8-14(9-7-13)26(19,24)25/h2-9,12H,10-11H2,1H3,(H2,19,24,25)(H2,20,21,23). The van der Waals surface area contributed by atoms with Crippen LogP contribution >= 0.6 is 0 Å². The molecule has 3 rings (SSSR count). The molecule has 7 nitrogen and oxygen atoms in total. The molecule has 0 bridgehead atoms. The van der Waals surface area contributed by atoms with Crippen molar-refractivity contribution in [1.29, 1.82) is 0 Å². The van der Waals surface area contributed by atoms with Crippen molar-refractivity contribution in [3.8, 4) is 0 Å². The molecule has 3 aromatic rings. The van der Waals surface area contributed by atoms with Crippen LogP contribution < -0.4 is 15.8 Å². The monoisotopic (exact) mass is 372 g/mol. The van der Waals surface area contributed by atoms with Crippen LogP contribution in [-0.2, 0) is 23.5 Å². The normalized spacial score (nSPS) is 11.5. The fraction of sp³-hybridized carbons (Fsp3) is 0.167. The number of hydrogen-bond acceptors (Lipinski definition) is 3. The van der Waals surface area contributed by atoms with Crippen molar-refractivity contribution in [3.05, 3.63) is 60.3 Å². The Labute approximate surface area is 151 Å². The molecule has 0 saturated carbocycles. The lowest BCUT2D eigenvalue weighted by Gasteiger charge is -2.07. The van der Waals surface area contributed by atoms with Crippen molar-refractivity contribution >= 4 is 32.6 Å². The summed E-state index contributed by atoms with van der Waals surface area (Å²) in [4.78, 5) is 12.2. The van der Waals surface area contributed by atoms with Gasteiger partial charge in [0.05, 0.1) is 10.6 Å². The second-order valence-electron chi connectivity index (χ2n) is 5.99. The van der Waals surface area contributed by atoms with Crippen molar-refractivity contribution in [2.75, 3.05) is 11.9 Å². The zero-order valence-electron chi connectivity index (χ0n) is 14.3. The maximum Gasteiger partial charge on any atom is 0.319 e. The van der Waals surface area contributed by atoms with E-state index >= 15 is 0 Å². The first-order chi connectivity index (χ1) is 12.3. The SMILES string of the molecule is Cn1cc(NC(=O)NCCc2ccc(S(N)(=O)=O)cc2)c2ccccc21. The number of para-hydroxylation sites is 1. The number of anilines is 1. The Bertz CT molecular complexity index is 1040. The first-order valence-corrected chi connectivity index (χ1v) is 9.60. The lowest BCUT2D eigenvalue weighted by atomic mass is 10.1. The third kappa shape index (κ3) is 4.04. The van der Waals surface area contributed by atoms with Gasteiger partial charge in [-0.2, -0.15) is 0 Å². The van der Waals surface area contributed by atoms with Crippen molar-refractivity contribution in [3.63, 3.8) is 0 Å². The van der Waals surface area contributed by atoms with Gasteiger partial charge >= 0.3 is 6.03 Å². The molecule has 136 valence electrons. The number of rotatable bonds is 5. The first kappa shape index (κ1) is 18.0. The van der Waals surface area contributed by atoms with Crippen LogP contribution in [0.4, 0.5) is 10.5 Å². The summed E-state index contributed by atoms with van der Waals surface area (Å²) in [6, 6.07) is 13.8. The van der Waals surface area contributed by atoms with Gasteiger partial charge in [0.1, 0.15) is 0 Å². The quantitative estimate of drug-likeness (QED) is 0.639. The average molecular weight is 372 g/mol. The van der Waals surface area contributed by atoms with Crippen molar-refractivity contribution in [1.82, 2.24) is 9.88 Å². The van der Waals surface area contributed by atoms with E-state index in [2.05, 4.69) is 10.6 Å². The number of hydrogen-bond donors (Lipinski definition) is 3. The average Bonchev–Trinajstić information content (AvgIpc) is 2.91. The maximum absolute atomic E-state index is 12.1. The fourth-order valence-electron chi connectivity index (χ4n) is 2.77. The van der Waals surface area contributed by atoms with E-state index in [1.54, 1.807) is 12.1 Å². The molecule has 2 amide bonds. The number of nitrogens with one attached hydrogen (secondary N) is 2. The van der Waals surface area contributed by atoms with Gasteiger partial charge in [-0.3, -0.25) is 0 Å². The Morgan fingerprint density at radius 3 is 2.50 bits per heavy atom. The number of benzene rings is 2. The van der Waals surface area contributed by atoms with E-state index in [0.717, 1.165) is 22.2 Å². The minimum Gasteiger partial charge on any atom is -0.348 e. The second-order valence-corrected chi connectivity index (χ2v) is 7.55. The summed E-state index contributed by atoms with van der Waals surface area (Å²) in [5, 5.41) is 11.7. The molecule has 0 aliphatic carbocycles. The minimum atomic E-state index is -3.69. The smallest absolute Gasteiger partial charge is 0.319 e. The number of fused-ring (bicyclic) bond motifs is 1. The van der Waals surface area contributed by atoms with E-state index in [0.29, 0.717) is 13.0 Å². The number of sulfonamides is 1.